The summed E-state index contributed by atoms with van der Waals surface area (Å²) in [5.41, 5.74) is 2.66. The van der Waals surface area contributed by atoms with Crippen LogP contribution in [0.3, 0.4) is 0 Å². The Hall–Kier alpha value is -2.18. The van der Waals surface area contributed by atoms with Crippen LogP contribution in [0.25, 0.3) is 0 Å². The maximum absolute atomic E-state index is 12.0. The molecule has 2 N–H and O–H groups in total. The van der Waals surface area contributed by atoms with Crippen LogP contribution in [0.4, 0.5) is 10.5 Å². The minimum absolute atomic E-state index is 0.0301. The first kappa shape index (κ1) is 18.2. The van der Waals surface area contributed by atoms with Gasteiger partial charge in [-0.1, -0.05) is 24.3 Å². The minimum atomic E-state index is -0.994. The number of carbonyl (C=O) groups excluding carboxylic acids is 1. The highest BCUT2D eigenvalue weighted by Crippen LogP contribution is 2.19. The lowest BCUT2D eigenvalue weighted by Gasteiger charge is -2.12. The van der Waals surface area contributed by atoms with Crippen LogP contribution in [-0.2, 0) is 22.1 Å². The second kappa shape index (κ2) is 8.61. The molecule has 6 heteroatoms. The Bertz CT molecular complexity index is 716. The van der Waals surface area contributed by atoms with Crippen molar-refractivity contribution in [2.45, 2.75) is 24.5 Å². The van der Waals surface area contributed by atoms with Gasteiger partial charge in [0.15, 0.2) is 0 Å². The molecule has 0 aliphatic rings. The van der Waals surface area contributed by atoms with Crippen LogP contribution >= 0.6 is 0 Å². The maximum atomic E-state index is 12.0. The number of urea groups is 1. The first-order valence-corrected chi connectivity index (χ1v) is 9.15. The summed E-state index contributed by atoms with van der Waals surface area (Å²) in [6, 6.07) is 14.6. The van der Waals surface area contributed by atoms with E-state index in [1.807, 2.05) is 43.3 Å². The molecule has 2 atom stereocenters. The molecule has 2 aromatic carbocycles. The lowest BCUT2D eigenvalue weighted by molar-refractivity contribution is 0.119. The van der Waals surface area contributed by atoms with Gasteiger partial charge in [0.1, 0.15) is 0 Å². The van der Waals surface area contributed by atoms with E-state index < -0.39 is 10.8 Å². The van der Waals surface area contributed by atoms with Gasteiger partial charge in [-0.25, -0.2) is 4.79 Å². The summed E-state index contributed by atoms with van der Waals surface area (Å²) < 4.78 is 16.6. The smallest absolute Gasteiger partial charge is 0.319 e. The fourth-order valence-corrected chi connectivity index (χ4v) is 2.68. The second-order valence-corrected chi connectivity index (χ2v) is 6.79. The SMILES string of the molecule is CO[C@@H](C)c1cccc(NC(=O)NCc2ccc([S@@](C)=O)cc2)c1. The summed E-state index contributed by atoms with van der Waals surface area (Å²) in [5.74, 6) is 0. The third-order valence-corrected chi connectivity index (χ3v) is 4.61. The van der Waals surface area contributed by atoms with E-state index in [9.17, 15) is 9.00 Å². The van der Waals surface area contributed by atoms with Crippen molar-refractivity contribution in [3.05, 3.63) is 59.7 Å². The molecule has 0 bridgehead atoms. The molecule has 0 heterocycles. The highest BCUT2D eigenvalue weighted by Gasteiger charge is 2.06. The van der Waals surface area contributed by atoms with Crippen molar-refractivity contribution in [1.82, 2.24) is 5.32 Å². The first-order chi connectivity index (χ1) is 11.5. The Morgan fingerprint density at radius 3 is 2.54 bits per heavy atom. The minimum Gasteiger partial charge on any atom is -0.377 e. The Labute approximate surface area is 144 Å². The predicted octanol–water partition coefficient (Wildman–Crippen LogP) is 3.45. The number of anilines is 1. The van der Waals surface area contributed by atoms with Crippen molar-refractivity contribution in [2.24, 2.45) is 0 Å². The molecular weight excluding hydrogens is 324 g/mol. The highest BCUT2D eigenvalue weighted by molar-refractivity contribution is 7.84. The fourth-order valence-electron chi connectivity index (χ4n) is 2.16. The molecule has 0 aliphatic heterocycles. The van der Waals surface area contributed by atoms with Gasteiger partial charge in [-0.2, -0.15) is 0 Å². The third-order valence-electron chi connectivity index (χ3n) is 3.68. The van der Waals surface area contributed by atoms with Gasteiger partial charge in [0.05, 0.1) is 6.10 Å². The van der Waals surface area contributed by atoms with Crippen molar-refractivity contribution >= 4 is 22.5 Å². The summed E-state index contributed by atoms with van der Waals surface area (Å²) in [4.78, 5) is 12.8. The molecule has 0 saturated heterocycles. The lowest BCUT2D eigenvalue weighted by Crippen LogP contribution is -2.28. The molecule has 2 aromatic rings. The average Bonchev–Trinajstić information content (AvgIpc) is 2.59. The van der Waals surface area contributed by atoms with Gasteiger partial charge in [-0.15, -0.1) is 0 Å². The standard InChI is InChI=1S/C18H22N2O3S/c1-13(23-2)15-5-4-6-16(11-15)20-18(21)19-12-14-7-9-17(10-8-14)24(3)22/h4-11,13H,12H2,1-3H3,(H2,19,20,21)/t13-,24+/m0/s1. The number of benzene rings is 2. The number of rotatable bonds is 6. The molecule has 0 unspecified atom stereocenters. The molecule has 0 saturated carbocycles. The van der Waals surface area contributed by atoms with Crippen molar-refractivity contribution in [1.29, 1.82) is 0 Å². The maximum Gasteiger partial charge on any atom is 0.319 e. The van der Waals surface area contributed by atoms with E-state index >= 15 is 0 Å². The van der Waals surface area contributed by atoms with Gasteiger partial charge in [0, 0.05) is 41.3 Å². The van der Waals surface area contributed by atoms with Crippen LogP contribution in [0.2, 0.25) is 0 Å². The largest absolute Gasteiger partial charge is 0.377 e. The monoisotopic (exact) mass is 346 g/mol. The van der Waals surface area contributed by atoms with E-state index in [0.29, 0.717) is 12.2 Å². The molecule has 0 aliphatic carbocycles. The van der Waals surface area contributed by atoms with E-state index in [0.717, 1.165) is 16.0 Å². The van der Waals surface area contributed by atoms with Gasteiger partial charge in [0.2, 0.25) is 0 Å². The molecular formula is C18H22N2O3S. The normalized spacial score (nSPS) is 13.1. The Balaban J connectivity index is 1.90. The van der Waals surface area contributed by atoms with Crippen molar-refractivity contribution in [3.8, 4) is 0 Å². The average molecular weight is 346 g/mol. The van der Waals surface area contributed by atoms with Gasteiger partial charge < -0.3 is 15.4 Å². The van der Waals surface area contributed by atoms with Crippen molar-refractivity contribution in [3.63, 3.8) is 0 Å². The highest BCUT2D eigenvalue weighted by atomic mass is 32.2. The molecule has 0 aromatic heterocycles. The van der Waals surface area contributed by atoms with Crippen LogP contribution in [-0.4, -0.2) is 23.6 Å². The summed E-state index contributed by atoms with van der Waals surface area (Å²) in [6.07, 6.45) is 1.61. The number of ether oxygens (including phenoxy) is 1. The summed E-state index contributed by atoms with van der Waals surface area (Å²) in [7, 11) is 0.656. The lowest BCUT2D eigenvalue weighted by atomic mass is 10.1. The summed E-state index contributed by atoms with van der Waals surface area (Å²) >= 11 is 0. The van der Waals surface area contributed by atoms with E-state index in [4.69, 9.17) is 4.74 Å². The van der Waals surface area contributed by atoms with Crippen LogP contribution in [0.15, 0.2) is 53.4 Å². The summed E-state index contributed by atoms with van der Waals surface area (Å²) in [5, 5.41) is 5.61. The van der Waals surface area contributed by atoms with Crippen LogP contribution in [0, 0.1) is 0 Å². The number of hydrogen-bond donors (Lipinski definition) is 2. The van der Waals surface area contributed by atoms with Crippen LogP contribution in [0.5, 0.6) is 0 Å². The van der Waals surface area contributed by atoms with Gasteiger partial charge in [-0.3, -0.25) is 4.21 Å². The Morgan fingerprint density at radius 1 is 1.21 bits per heavy atom. The second-order valence-electron chi connectivity index (χ2n) is 5.41. The zero-order chi connectivity index (χ0) is 17.5. The molecule has 0 fully saturated rings. The van der Waals surface area contributed by atoms with E-state index in [1.165, 1.54) is 0 Å². The van der Waals surface area contributed by atoms with Crippen molar-refractivity contribution < 1.29 is 13.7 Å². The van der Waals surface area contributed by atoms with E-state index in [2.05, 4.69) is 10.6 Å². The molecule has 0 spiro atoms. The fraction of sp³-hybridized carbons (Fsp3) is 0.278. The van der Waals surface area contributed by atoms with Crippen molar-refractivity contribution in [2.75, 3.05) is 18.7 Å². The van der Waals surface area contributed by atoms with Gasteiger partial charge in [-0.05, 0) is 42.3 Å². The first-order valence-electron chi connectivity index (χ1n) is 7.59. The predicted molar refractivity (Wildman–Crippen MR) is 96.5 cm³/mol. The number of nitrogens with one attached hydrogen (secondary N) is 2. The Morgan fingerprint density at radius 2 is 1.92 bits per heavy atom. The van der Waals surface area contributed by atoms with Crippen LogP contribution < -0.4 is 10.6 Å². The molecule has 2 amide bonds. The Kier molecular flexibility index (Phi) is 6.52. The molecule has 24 heavy (non-hydrogen) atoms. The third kappa shape index (κ3) is 5.18. The van der Waals surface area contributed by atoms with Gasteiger partial charge >= 0.3 is 6.03 Å². The zero-order valence-electron chi connectivity index (χ0n) is 14.0. The molecule has 0 radical (unpaired) electrons. The molecule has 2 rings (SSSR count). The quantitative estimate of drug-likeness (QED) is 0.842. The number of hydrogen-bond acceptors (Lipinski definition) is 3. The van der Waals surface area contributed by atoms with E-state index in [-0.39, 0.29) is 12.1 Å². The number of carbonyl (C=O) groups is 1. The molecule has 128 valence electrons. The van der Waals surface area contributed by atoms with E-state index in [1.54, 1.807) is 25.5 Å². The zero-order valence-corrected chi connectivity index (χ0v) is 14.9. The van der Waals surface area contributed by atoms with Gasteiger partial charge in [0.25, 0.3) is 0 Å². The topological polar surface area (TPSA) is 67.4 Å². The summed E-state index contributed by atoms with van der Waals surface area (Å²) in [6.45, 7) is 2.35. The number of methoxy groups -OCH3 is 1. The molecule has 5 nitrogen and oxygen atoms in total. The number of amides is 2. The van der Waals surface area contributed by atoms with Crippen LogP contribution in [0.1, 0.15) is 24.2 Å².